The summed E-state index contributed by atoms with van der Waals surface area (Å²) in [6.45, 7) is 4.65. The van der Waals surface area contributed by atoms with Crippen molar-refractivity contribution in [1.29, 1.82) is 0 Å². The molecule has 2 N–H and O–H groups in total. The van der Waals surface area contributed by atoms with E-state index in [4.69, 9.17) is 21.1 Å². The van der Waals surface area contributed by atoms with Crippen molar-refractivity contribution in [1.82, 2.24) is 5.32 Å². The molecule has 1 rings (SSSR count). The highest BCUT2D eigenvalue weighted by molar-refractivity contribution is 6.31. The number of anilines is 1. The molecule has 0 aliphatic carbocycles. The predicted octanol–water partition coefficient (Wildman–Crippen LogP) is 2.22. The molecule has 0 saturated heterocycles. The van der Waals surface area contributed by atoms with Crippen LogP contribution in [0.4, 0.5) is 5.69 Å². The zero-order chi connectivity index (χ0) is 15.1. The fraction of sp³-hybridized carbons (Fsp3) is 0.500. The summed E-state index contributed by atoms with van der Waals surface area (Å²) >= 11 is 6.05. The normalized spacial score (nSPS) is 11.8. The highest BCUT2D eigenvalue weighted by Gasteiger charge is 2.15. The minimum atomic E-state index is -0.388. The van der Waals surface area contributed by atoms with Gasteiger partial charge in [-0.15, -0.1) is 0 Å². The maximum atomic E-state index is 11.9. The number of carbonyl (C=O) groups is 1. The van der Waals surface area contributed by atoms with Gasteiger partial charge in [0.25, 0.3) is 0 Å². The SMILES string of the molecule is COCCNC(=O)C(C)Nc1cc(C)c(Cl)cc1OC. The van der Waals surface area contributed by atoms with Gasteiger partial charge in [-0.25, -0.2) is 0 Å². The topological polar surface area (TPSA) is 59.6 Å². The van der Waals surface area contributed by atoms with Gasteiger partial charge in [-0.05, 0) is 25.5 Å². The summed E-state index contributed by atoms with van der Waals surface area (Å²) in [5, 5.41) is 6.52. The highest BCUT2D eigenvalue weighted by atomic mass is 35.5. The second-order valence-corrected chi connectivity index (χ2v) is 4.86. The first kappa shape index (κ1) is 16.6. The number of halogens is 1. The van der Waals surface area contributed by atoms with Gasteiger partial charge in [0.2, 0.25) is 5.91 Å². The average Bonchev–Trinajstić information content (AvgIpc) is 2.42. The van der Waals surface area contributed by atoms with E-state index < -0.39 is 0 Å². The monoisotopic (exact) mass is 300 g/mol. The minimum absolute atomic E-state index is 0.100. The van der Waals surface area contributed by atoms with Crippen molar-refractivity contribution in [3.8, 4) is 5.75 Å². The third-order valence-corrected chi connectivity index (χ3v) is 3.26. The summed E-state index contributed by atoms with van der Waals surface area (Å²) in [5.74, 6) is 0.508. The molecule has 20 heavy (non-hydrogen) atoms. The molecular formula is C14H21ClN2O3. The molecule has 1 aromatic rings. The first-order chi connectivity index (χ1) is 9.49. The smallest absolute Gasteiger partial charge is 0.242 e. The largest absolute Gasteiger partial charge is 0.495 e. The van der Waals surface area contributed by atoms with E-state index in [0.717, 1.165) is 11.3 Å². The fourth-order valence-corrected chi connectivity index (χ4v) is 1.83. The van der Waals surface area contributed by atoms with Crippen LogP contribution in [0.25, 0.3) is 0 Å². The zero-order valence-corrected chi connectivity index (χ0v) is 13.0. The van der Waals surface area contributed by atoms with Crippen LogP contribution in [0.5, 0.6) is 5.75 Å². The van der Waals surface area contributed by atoms with Crippen LogP contribution in [-0.4, -0.2) is 39.3 Å². The van der Waals surface area contributed by atoms with E-state index in [9.17, 15) is 4.79 Å². The summed E-state index contributed by atoms with van der Waals surface area (Å²) < 4.78 is 10.1. The van der Waals surface area contributed by atoms with E-state index >= 15 is 0 Å². The lowest BCUT2D eigenvalue weighted by Gasteiger charge is -2.18. The summed E-state index contributed by atoms with van der Waals surface area (Å²) in [6, 6.07) is 3.20. The van der Waals surface area contributed by atoms with Gasteiger partial charge in [-0.1, -0.05) is 11.6 Å². The molecule has 1 unspecified atom stereocenters. The van der Waals surface area contributed by atoms with Crippen molar-refractivity contribution in [3.05, 3.63) is 22.7 Å². The van der Waals surface area contributed by atoms with Crippen molar-refractivity contribution in [2.75, 3.05) is 32.7 Å². The van der Waals surface area contributed by atoms with Crippen LogP contribution in [0.3, 0.4) is 0 Å². The van der Waals surface area contributed by atoms with E-state index in [-0.39, 0.29) is 11.9 Å². The molecule has 0 fully saturated rings. The molecule has 6 heteroatoms. The van der Waals surface area contributed by atoms with Crippen LogP contribution in [0.1, 0.15) is 12.5 Å². The van der Waals surface area contributed by atoms with E-state index in [1.54, 1.807) is 27.2 Å². The molecular weight excluding hydrogens is 280 g/mol. The van der Waals surface area contributed by atoms with Crippen LogP contribution in [0.15, 0.2) is 12.1 Å². The Morgan fingerprint density at radius 2 is 2.10 bits per heavy atom. The van der Waals surface area contributed by atoms with Crippen LogP contribution in [0, 0.1) is 6.92 Å². The standard InChI is InChI=1S/C14H21ClN2O3/c1-9-7-12(13(20-4)8-11(9)15)17-10(2)14(18)16-5-6-19-3/h7-8,10,17H,5-6H2,1-4H3,(H,16,18). The summed E-state index contributed by atoms with van der Waals surface area (Å²) in [6.07, 6.45) is 0. The molecule has 0 aromatic heterocycles. The molecule has 0 aliphatic rings. The third-order valence-electron chi connectivity index (χ3n) is 2.85. The number of rotatable bonds is 7. The Balaban J connectivity index is 2.72. The first-order valence-corrected chi connectivity index (χ1v) is 6.74. The van der Waals surface area contributed by atoms with Gasteiger partial charge in [0.15, 0.2) is 0 Å². The van der Waals surface area contributed by atoms with Gasteiger partial charge in [-0.3, -0.25) is 4.79 Å². The van der Waals surface area contributed by atoms with E-state index in [2.05, 4.69) is 10.6 Å². The van der Waals surface area contributed by atoms with E-state index in [0.29, 0.717) is 23.9 Å². The highest BCUT2D eigenvalue weighted by Crippen LogP contribution is 2.31. The molecule has 0 spiro atoms. The summed E-state index contributed by atoms with van der Waals surface area (Å²) in [5.41, 5.74) is 1.66. The van der Waals surface area contributed by atoms with Crippen LogP contribution >= 0.6 is 11.6 Å². The summed E-state index contributed by atoms with van der Waals surface area (Å²) in [7, 11) is 3.16. The van der Waals surface area contributed by atoms with Crippen molar-refractivity contribution < 1.29 is 14.3 Å². The maximum Gasteiger partial charge on any atom is 0.242 e. The second-order valence-electron chi connectivity index (χ2n) is 4.45. The molecule has 1 atom stereocenters. The van der Waals surface area contributed by atoms with Crippen molar-refractivity contribution in [2.24, 2.45) is 0 Å². The van der Waals surface area contributed by atoms with E-state index in [1.807, 2.05) is 13.0 Å². The molecule has 0 bridgehead atoms. The molecule has 0 saturated carbocycles. The van der Waals surface area contributed by atoms with Crippen LogP contribution < -0.4 is 15.4 Å². The van der Waals surface area contributed by atoms with Crippen molar-refractivity contribution >= 4 is 23.2 Å². The Labute approximate surface area is 124 Å². The molecule has 1 amide bonds. The Hall–Kier alpha value is -1.46. The van der Waals surface area contributed by atoms with Gasteiger partial charge in [0, 0.05) is 24.7 Å². The summed E-state index contributed by atoms with van der Waals surface area (Å²) in [4.78, 5) is 11.9. The van der Waals surface area contributed by atoms with Gasteiger partial charge in [-0.2, -0.15) is 0 Å². The number of ether oxygens (including phenoxy) is 2. The molecule has 0 radical (unpaired) electrons. The predicted molar refractivity (Wildman–Crippen MR) is 80.7 cm³/mol. The number of methoxy groups -OCH3 is 2. The Morgan fingerprint density at radius 3 is 2.70 bits per heavy atom. The van der Waals surface area contributed by atoms with Gasteiger partial charge < -0.3 is 20.1 Å². The van der Waals surface area contributed by atoms with Crippen LogP contribution in [-0.2, 0) is 9.53 Å². The maximum absolute atomic E-state index is 11.9. The lowest BCUT2D eigenvalue weighted by atomic mass is 10.2. The van der Waals surface area contributed by atoms with Crippen molar-refractivity contribution in [2.45, 2.75) is 19.9 Å². The minimum Gasteiger partial charge on any atom is -0.495 e. The quantitative estimate of drug-likeness (QED) is 0.758. The third kappa shape index (κ3) is 4.58. The molecule has 1 aromatic carbocycles. The van der Waals surface area contributed by atoms with Gasteiger partial charge in [0.05, 0.1) is 19.4 Å². The van der Waals surface area contributed by atoms with E-state index in [1.165, 1.54) is 0 Å². The average molecular weight is 301 g/mol. The number of benzene rings is 1. The molecule has 0 aliphatic heterocycles. The number of aryl methyl sites for hydroxylation is 1. The molecule has 0 heterocycles. The Morgan fingerprint density at radius 1 is 1.40 bits per heavy atom. The lowest BCUT2D eigenvalue weighted by Crippen LogP contribution is -2.39. The second kappa shape index (κ2) is 7.97. The van der Waals surface area contributed by atoms with Crippen LogP contribution in [0.2, 0.25) is 5.02 Å². The Bertz CT molecular complexity index is 466. The molecule has 112 valence electrons. The number of nitrogens with one attached hydrogen (secondary N) is 2. The van der Waals surface area contributed by atoms with Gasteiger partial charge in [0.1, 0.15) is 11.8 Å². The lowest BCUT2D eigenvalue weighted by molar-refractivity contribution is -0.121. The first-order valence-electron chi connectivity index (χ1n) is 6.37. The number of amides is 1. The number of carbonyl (C=O) groups excluding carboxylic acids is 1. The molecule has 5 nitrogen and oxygen atoms in total. The van der Waals surface area contributed by atoms with Crippen molar-refractivity contribution in [3.63, 3.8) is 0 Å². The Kier molecular flexibility index (Phi) is 6.61. The number of hydrogen-bond donors (Lipinski definition) is 2. The number of hydrogen-bond acceptors (Lipinski definition) is 4. The zero-order valence-electron chi connectivity index (χ0n) is 12.2. The fourth-order valence-electron chi connectivity index (χ4n) is 1.67. The van der Waals surface area contributed by atoms with Gasteiger partial charge >= 0.3 is 0 Å².